The van der Waals surface area contributed by atoms with E-state index in [-0.39, 0.29) is 23.9 Å². The first-order valence-electron chi connectivity index (χ1n) is 8.09. The van der Waals surface area contributed by atoms with Crippen LogP contribution in [0.4, 0.5) is 0 Å². The Bertz CT molecular complexity index is 902. The van der Waals surface area contributed by atoms with Crippen LogP contribution in [0.15, 0.2) is 47.4 Å². The van der Waals surface area contributed by atoms with E-state index in [4.69, 9.17) is 23.2 Å². The number of aryl methyl sites for hydroxylation is 1. The van der Waals surface area contributed by atoms with Crippen molar-refractivity contribution in [3.05, 3.63) is 63.6 Å². The van der Waals surface area contributed by atoms with Crippen LogP contribution in [-0.4, -0.2) is 49.7 Å². The number of piperazine rings is 1. The number of rotatable bonds is 3. The lowest BCUT2D eigenvalue weighted by Gasteiger charge is -2.34. The van der Waals surface area contributed by atoms with E-state index in [1.165, 1.54) is 4.31 Å². The maximum Gasteiger partial charge on any atom is 0.254 e. The van der Waals surface area contributed by atoms with Gasteiger partial charge in [-0.3, -0.25) is 4.79 Å². The first kappa shape index (κ1) is 19.2. The third kappa shape index (κ3) is 4.04. The van der Waals surface area contributed by atoms with Crippen molar-refractivity contribution in [2.24, 2.45) is 0 Å². The van der Waals surface area contributed by atoms with Crippen molar-refractivity contribution >= 4 is 39.1 Å². The van der Waals surface area contributed by atoms with Gasteiger partial charge in [-0.05, 0) is 37.3 Å². The van der Waals surface area contributed by atoms with Crippen molar-refractivity contribution in [3.63, 3.8) is 0 Å². The summed E-state index contributed by atoms with van der Waals surface area (Å²) in [5.74, 6) is -0.207. The zero-order valence-corrected chi connectivity index (χ0v) is 16.5. The fourth-order valence-corrected chi connectivity index (χ4v) is 4.80. The van der Waals surface area contributed by atoms with Gasteiger partial charge in [-0.1, -0.05) is 40.9 Å². The molecule has 1 saturated heterocycles. The summed E-state index contributed by atoms with van der Waals surface area (Å²) in [4.78, 5) is 14.5. The minimum atomic E-state index is -3.55. The SMILES string of the molecule is Cc1ccc(S(=O)(=O)N2CCN(C(=O)c3cc(Cl)cc(Cl)c3)CC2)cc1. The Morgan fingerprint density at radius 1 is 0.923 bits per heavy atom. The molecule has 1 heterocycles. The van der Waals surface area contributed by atoms with Crippen LogP contribution in [0.2, 0.25) is 10.0 Å². The lowest BCUT2D eigenvalue weighted by atomic mass is 10.2. The number of carbonyl (C=O) groups is 1. The first-order chi connectivity index (χ1) is 12.3. The standard InChI is InChI=1S/C18H18Cl2N2O3S/c1-13-2-4-17(5-3-13)26(24,25)22-8-6-21(7-9-22)18(23)14-10-15(19)12-16(20)11-14/h2-5,10-12H,6-9H2,1H3. The van der Waals surface area contributed by atoms with Gasteiger partial charge in [0, 0.05) is 41.8 Å². The molecule has 0 aliphatic carbocycles. The highest BCUT2D eigenvalue weighted by atomic mass is 35.5. The lowest BCUT2D eigenvalue weighted by Crippen LogP contribution is -2.50. The van der Waals surface area contributed by atoms with E-state index in [0.29, 0.717) is 28.7 Å². The van der Waals surface area contributed by atoms with Gasteiger partial charge in [0.2, 0.25) is 10.0 Å². The first-order valence-corrected chi connectivity index (χ1v) is 10.3. The van der Waals surface area contributed by atoms with Gasteiger partial charge in [0.05, 0.1) is 4.90 Å². The fraction of sp³-hybridized carbons (Fsp3) is 0.278. The molecule has 5 nitrogen and oxygen atoms in total. The predicted octanol–water partition coefficient (Wildman–Crippen LogP) is 3.45. The van der Waals surface area contributed by atoms with Gasteiger partial charge >= 0.3 is 0 Å². The Hall–Kier alpha value is -1.60. The topological polar surface area (TPSA) is 57.7 Å². The van der Waals surface area contributed by atoms with Crippen LogP contribution in [0.25, 0.3) is 0 Å². The summed E-state index contributed by atoms with van der Waals surface area (Å²) >= 11 is 11.9. The van der Waals surface area contributed by atoms with E-state index in [1.807, 2.05) is 6.92 Å². The highest BCUT2D eigenvalue weighted by Crippen LogP contribution is 2.22. The Labute approximate surface area is 163 Å². The summed E-state index contributed by atoms with van der Waals surface area (Å²) in [6.45, 7) is 3.03. The van der Waals surface area contributed by atoms with Crippen LogP contribution in [-0.2, 0) is 10.0 Å². The molecule has 1 aliphatic heterocycles. The predicted molar refractivity (Wildman–Crippen MR) is 102 cm³/mol. The highest BCUT2D eigenvalue weighted by Gasteiger charge is 2.30. The molecular formula is C18H18Cl2N2O3S. The van der Waals surface area contributed by atoms with Gasteiger partial charge in [0.25, 0.3) is 5.91 Å². The summed E-state index contributed by atoms with van der Waals surface area (Å²) in [5.41, 5.74) is 1.40. The third-order valence-electron chi connectivity index (χ3n) is 4.29. The molecule has 3 rings (SSSR count). The summed E-state index contributed by atoms with van der Waals surface area (Å²) in [6.07, 6.45) is 0. The number of benzene rings is 2. The molecule has 0 atom stereocenters. The van der Waals surface area contributed by atoms with E-state index in [1.54, 1.807) is 47.4 Å². The second-order valence-corrected chi connectivity index (χ2v) is 8.98. The molecule has 2 aromatic rings. The molecule has 0 radical (unpaired) electrons. The molecular weight excluding hydrogens is 395 g/mol. The zero-order chi connectivity index (χ0) is 18.9. The molecule has 0 N–H and O–H groups in total. The Morgan fingerprint density at radius 2 is 1.46 bits per heavy atom. The quantitative estimate of drug-likeness (QED) is 0.775. The van der Waals surface area contributed by atoms with E-state index in [9.17, 15) is 13.2 Å². The smallest absolute Gasteiger partial charge is 0.254 e. The maximum absolute atomic E-state index is 12.7. The molecule has 1 amide bonds. The Balaban J connectivity index is 1.70. The van der Waals surface area contributed by atoms with Gasteiger partial charge in [-0.15, -0.1) is 0 Å². The summed E-state index contributed by atoms with van der Waals surface area (Å²) < 4.78 is 26.9. The van der Waals surface area contributed by atoms with E-state index < -0.39 is 10.0 Å². The molecule has 0 saturated carbocycles. The largest absolute Gasteiger partial charge is 0.336 e. The zero-order valence-electron chi connectivity index (χ0n) is 14.2. The van der Waals surface area contributed by atoms with E-state index >= 15 is 0 Å². The summed E-state index contributed by atoms with van der Waals surface area (Å²) in [6, 6.07) is 11.4. The lowest BCUT2D eigenvalue weighted by molar-refractivity contribution is 0.0698. The van der Waals surface area contributed by atoms with Crippen molar-refractivity contribution < 1.29 is 13.2 Å². The number of amides is 1. The van der Waals surface area contributed by atoms with Crippen LogP contribution >= 0.6 is 23.2 Å². The molecule has 0 unspecified atom stereocenters. The molecule has 0 aromatic heterocycles. The van der Waals surface area contributed by atoms with Gasteiger partial charge in [0.15, 0.2) is 0 Å². The van der Waals surface area contributed by atoms with E-state index in [0.717, 1.165) is 5.56 Å². The third-order valence-corrected chi connectivity index (χ3v) is 6.64. The number of hydrogen-bond donors (Lipinski definition) is 0. The molecule has 1 aliphatic rings. The summed E-state index contributed by atoms with van der Waals surface area (Å²) in [7, 11) is -3.55. The van der Waals surface area contributed by atoms with Gasteiger partial charge in [-0.2, -0.15) is 4.31 Å². The molecule has 2 aromatic carbocycles. The number of nitrogens with zero attached hydrogens (tertiary/aromatic N) is 2. The molecule has 0 spiro atoms. The van der Waals surface area contributed by atoms with Gasteiger partial charge < -0.3 is 4.90 Å². The van der Waals surface area contributed by atoms with Crippen LogP contribution in [0.5, 0.6) is 0 Å². The number of sulfonamides is 1. The minimum absolute atomic E-state index is 0.207. The number of carbonyl (C=O) groups excluding carboxylic acids is 1. The van der Waals surface area contributed by atoms with Crippen molar-refractivity contribution in [1.82, 2.24) is 9.21 Å². The van der Waals surface area contributed by atoms with Crippen molar-refractivity contribution in [2.45, 2.75) is 11.8 Å². The number of hydrogen-bond acceptors (Lipinski definition) is 3. The van der Waals surface area contributed by atoms with E-state index in [2.05, 4.69) is 0 Å². The molecule has 1 fully saturated rings. The van der Waals surface area contributed by atoms with Gasteiger partial charge in [0.1, 0.15) is 0 Å². The van der Waals surface area contributed by atoms with Gasteiger partial charge in [-0.25, -0.2) is 8.42 Å². The average molecular weight is 413 g/mol. The second-order valence-electron chi connectivity index (χ2n) is 6.17. The Kier molecular flexibility index (Phi) is 5.58. The monoisotopic (exact) mass is 412 g/mol. The van der Waals surface area contributed by atoms with Crippen molar-refractivity contribution in [3.8, 4) is 0 Å². The molecule has 0 bridgehead atoms. The maximum atomic E-state index is 12.7. The van der Waals surface area contributed by atoms with Crippen LogP contribution in [0.1, 0.15) is 15.9 Å². The van der Waals surface area contributed by atoms with Crippen molar-refractivity contribution in [2.75, 3.05) is 26.2 Å². The highest BCUT2D eigenvalue weighted by molar-refractivity contribution is 7.89. The number of halogens is 2. The molecule has 8 heteroatoms. The average Bonchev–Trinajstić information content (AvgIpc) is 2.61. The fourth-order valence-electron chi connectivity index (χ4n) is 2.85. The van der Waals surface area contributed by atoms with Crippen LogP contribution < -0.4 is 0 Å². The minimum Gasteiger partial charge on any atom is -0.336 e. The molecule has 138 valence electrons. The van der Waals surface area contributed by atoms with Crippen molar-refractivity contribution in [1.29, 1.82) is 0 Å². The normalized spacial score (nSPS) is 15.9. The van der Waals surface area contributed by atoms with Crippen LogP contribution in [0.3, 0.4) is 0 Å². The summed E-state index contributed by atoms with van der Waals surface area (Å²) in [5, 5.41) is 0.780. The molecule has 26 heavy (non-hydrogen) atoms. The second kappa shape index (κ2) is 7.56. The van der Waals surface area contributed by atoms with Crippen LogP contribution in [0, 0.1) is 6.92 Å². The Morgan fingerprint density at radius 3 is 2.00 bits per heavy atom.